The molecule has 12 heteroatoms. The Morgan fingerprint density at radius 3 is 2.83 bits per heavy atom. The van der Waals surface area contributed by atoms with Gasteiger partial charge in [-0.05, 0) is 42.9 Å². The number of unbranched alkanes of at least 4 members (excludes halogenated alkanes) is 1. The normalized spacial score (nSPS) is 12.5. The van der Waals surface area contributed by atoms with E-state index in [4.69, 9.17) is 25.8 Å². The molecule has 0 atom stereocenters. The Kier molecular flexibility index (Phi) is 7.67. The molecule has 3 aromatic rings. The van der Waals surface area contributed by atoms with Gasteiger partial charge in [-0.3, -0.25) is 20.0 Å². The fraction of sp³-hybridized carbons (Fsp3) is 0.348. The average molecular weight is 518 g/mol. The van der Waals surface area contributed by atoms with Crippen molar-refractivity contribution in [3.8, 4) is 22.1 Å². The van der Waals surface area contributed by atoms with E-state index in [0.29, 0.717) is 51.6 Å². The summed E-state index contributed by atoms with van der Waals surface area (Å²) in [4.78, 5) is 31.7. The van der Waals surface area contributed by atoms with E-state index in [9.17, 15) is 9.59 Å². The molecule has 0 saturated carbocycles. The number of nitrogens with one attached hydrogen (secondary N) is 1. The summed E-state index contributed by atoms with van der Waals surface area (Å²) in [5, 5.41) is 11.4. The van der Waals surface area contributed by atoms with Crippen molar-refractivity contribution in [2.75, 3.05) is 37.1 Å². The molecule has 184 valence electrons. The van der Waals surface area contributed by atoms with Gasteiger partial charge in [0, 0.05) is 28.0 Å². The number of fused-ring (bicyclic) bond motifs is 1. The SMILES string of the molecule is CCCCOC(=O)N1CCOc2c(-c3cc(C)ncc3C(=O)Nc3nnc(OC)s3)cc(Cl)cc21. The van der Waals surface area contributed by atoms with Crippen molar-refractivity contribution >= 4 is 45.8 Å². The molecule has 1 aliphatic rings. The maximum Gasteiger partial charge on any atom is 0.414 e. The highest BCUT2D eigenvalue weighted by atomic mass is 35.5. The van der Waals surface area contributed by atoms with Crippen LogP contribution in [0.1, 0.15) is 35.8 Å². The Morgan fingerprint density at radius 2 is 2.09 bits per heavy atom. The van der Waals surface area contributed by atoms with Gasteiger partial charge in [0.25, 0.3) is 11.1 Å². The molecule has 0 saturated heterocycles. The maximum absolute atomic E-state index is 13.2. The van der Waals surface area contributed by atoms with Crippen molar-refractivity contribution in [2.45, 2.75) is 26.7 Å². The highest BCUT2D eigenvalue weighted by molar-refractivity contribution is 7.17. The summed E-state index contributed by atoms with van der Waals surface area (Å²) in [5.74, 6) is -0.00278. The predicted octanol–water partition coefficient (Wildman–Crippen LogP) is 4.96. The van der Waals surface area contributed by atoms with Gasteiger partial charge in [0.1, 0.15) is 6.61 Å². The number of methoxy groups -OCH3 is 1. The summed E-state index contributed by atoms with van der Waals surface area (Å²) in [7, 11) is 1.47. The first-order valence-electron chi connectivity index (χ1n) is 11.0. The van der Waals surface area contributed by atoms with Gasteiger partial charge < -0.3 is 14.2 Å². The van der Waals surface area contributed by atoms with Crippen molar-refractivity contribution in [3.05, 3.63) is 40.7 Å². The van der Waals surface area contributed by atoms with E-state index in [1.807, 2.05) is 13.8 Å². The van der Waals surface area contributed by atoms with Crippen LogP contribution in [0.4, 0.5) is 15.6 Å². The number of anilines is 2. The summed E-state index contributed by atoms with van der Waals surface area (Å²) < 4.78 is 16.4. The van der Waals surface area contributed by atoms with Crippen molar-refractivity contribution in [1.29, 1.82) is 0 Å². The minimum absolute atomic E-state index is 0.265. The first kappa shape index (κ1) is 24.7. The largest absolute Gasteiger partial charge is 0.489 e. The minimum Gasteiger partial charge on any atom is -0.489 e. The molecule has 1 aromatic carbocycles. The van der Waals surface area contributed by atoms with E-state index in [0.717, 1.165) is 24.2 Å². The lowest BCUT2D eigenvalue weighted by Crippen LogP contribution is -2.38. The molecular formula is C23H24ClN5O5S. The van der Waals surface area contributed by atoms with Crippen LogP contribution < -0.4 is 19.7 Å². The molecule has 0 radical (unpaired) electrons. The Hall–Kier alpha value is -3.44. The monoisotopic (exact) mass is 517 g/mol. The quantitative estimate of drug-likeness (QED) is 0.437. The number of benzene rings is 1. The molecule has 35 heavy (non-hydrogen) atoms. The fourth-order valence-corrected chi connectivity index (χ4v) is 4.30. The molecule has 0 aliphatic carbocycles. The molecule has 2 amide bonds. The molecule has 0 unspecified atom stereocenters. The number of ether oxygens (including phenoxy) is 3. The van der Waals surface area contributed by atoms with Gasteiger partial charge in [-0.25, -0.2) is 4.79 Å². The molecule has 1 aliphatic heterocycles. The lowest BCUT2D eigenvalue weighted by Gasteiger charge is -2.30. The third kappa shape index (κ3) is 5.46. The Bertz CT molecular complexity index is 1250. The first-order chi connectivity index (χ1) is 16.9. The second-order valence-electron chi connectivity index (χ2n) is 7.67. The third-order valence-corrected chi connectivity index (χ3v) is 6.23. The highest BCUT2D eigenvalue weighted by Crippen LogP contribution is 2.44. The first-order valence-corrected chi connectivity index (χ1v) is 12.2. The standard InChI is InChI=1S/C23H24ClN5O5S/c1-4-5-7-34-23(31)29-6-8-33-19-16(10-14(24)11-18(19)29)15-9-13(2)25-12-17(15)20(30)26-21-27-28-22(32-3)35-21/h9-12H,4-8H2,1-3H3,(H,26,27,30). The average Bonchev–Trinajstić information content (AvgIpc) is 3.30. The Balaban J connectivity index is 1.73. The summed E-state index contributed by atoms with van der Waals surface area (Å²) in [6, 6.07) is 5.12. The molecule has 0 bridgehead atoms. The van der Waals surface area contributed by atoms with Gasteiger partial charge in [-0.15, -0.1) is 5.10 Å². The smallest absolute Gasteiger partial charge is 0.414 e. The van der Waals surface area contributed by atoms with E-state index in [-0.39, 0.29) is 17.3 Å². The summed E-state index contributed by atoms with van der Waals surface area (Å²) in [5.41, 5.74) is 2.56. The third-order valence-electron chi connectivity index (χ3n) is 5.21. The number of aromatic nitrogens is 3. The van der Waals surface area contributed by atoms with E-state index in [1.165, 1.54) is 18.2 Å². The number of aryl methyl sites for hydroxylation is 1. The highest BCUT2D eigenvalue weighted by Gasteiger charge is 2.29. The number of nitrogens with zero attached hydrogens (tertiary/aromatic N) is 4. The van der Waals surface area contributed by atoms with Crippen LogP contribution in [0.15, 0.2) is 24.4 Å². The summed E-state index contributed by atoms with van der Waals surface area (Å²) in [6.45, 7) is 4.76. The van der Waals surface area contributed by atoms with Crippen LogP contribution in [-0.4, -0.2) is 54.1 Å². The number of amides is 2. The van der Waals surface area contributed by atoms with Crippen LogP contribution in [0.2, 0.25) is 5.02 Å². The second-order valence-corrected chi connectivity index (χ2v) is 9.05. The molecule has 0 fully saturated rings. The van der Waals surface area contributed by atoms with E-state index in [2.05, 4.69) is 20.5 Å². The van der Waals surface area contributed by atoms with Crippen molar-refractivity contribution < 1.29 is 23.8 Å². The van der Waals surface area contributed by atoms with Crippen molar-refractivity contribution in [1.82, 2.24) is 15.2 Å². The zero-order valence-electron chi connectivity index (χ0n) is 19.5. The zero-order valence-corrected chi connectivity index (χ0v) is 21.0. The lowest BCUT2D eigenvalue weighted by molar-refractivity contribution is 0.102. The van der Waals surface area contributed by atoms with Crippen molar-refractivity contribution in [3.63, 3.8) is 0 Å². The molecule has 10 nitrogen and oxygen atoms in total. The fourth-order valence-electron chi connectivity index (χ4n) is 3.53. The van der Waals surface area contributed by atoms with Gasteiger partial charge in [-0.2, -0.15) is 0 Å². The number of carbonyl (C=O) groups excluding carboxylic acids is 2. The van der Waals surface area contributed by atoms with Gasteiger partial charge >= 0.3 is 6.09 Å². The number of rotatable bonds is 7. The Morgan fingerprint density at radius 1 is 1.26 bits per heavy atom. The molecule has 1 N–H and O–H groups in total. The molecule has 4 rings (SSSR count). The summed E-state index contributed by atoms with van der Waals surface area (Å²) in [6.07, 6.45) is 2.70. The van der Waals surface area contributed by atoms with E-state index >= 15 is 0 Å². The van der Waals surface area contributed by atoms with E-state index in [1.54, 1.807) is 18.2 Å². The van der Waals surface area contributed by atoms with Crippen molar-refractivity contribution in [2.24, 2.45) is 0 Å². The number of pyridine rings is 1. The molecule has 2 aromatic heterocycles. The van der Waals surface area contributed by atoms with Gasteiger partial charge in [-0.1, -0.05) is 30.0 Å². The lowest BCUT2D eigenvalue weighted by atomic mass is 9.97. The van der Waals surface area contributed by atoms with Gasteiger partial charge in [0.15, 0.2) is 5.75 Å². The number of hydrogen-bond donors (Lipinski definition) is 1. The zero-order chi connectivity index (χ0) is 24.9. The number of halogens is 1. The molecular weight excluding hydrogens is 494 g/mol. The minimum atomic E-state index is -0.467. The second kappa shape index (κ2) is 10.9. The van der Waals surface area contributed by atoms with Gasteiger partial charge in [0.2, 0.25) is 5.13 Å². The maximum atomic E-state index is 13.2. The Labute approximate surface area is 211 Å². The van der Waals surface area contributed by atoms with Crippen LogP contribution in [0, 0.1) is 6.92 Å². The number of hydrogen-bond acceptors (Lipinski definition) is 9. The van der Waals surface area contributed by atoms with Crippen LogP contribution >= 0.6 is 22.9 Å². The molecule has 0 spiro atoms. The number of carbonyl (C=O) groups is 2. The van der Waals surface area contributed by atoms with Crippen LogP contribution in [0.5, 0.6) is 10.9 Å². The van der Waals surface area contributed by atoms with Gasteiger partial charge in [0.05, 0.1) is 31.5 Å². The van der Waals surface area contributed by atoms with Crippen LogP contribution in [0.25, 0.3) is 11.1 Å². The summed E-state index contributed by atoms with van der Waals surface area (Å²) >= 11 is 7.56. The van der Waals surface area contributed by atoms with E-state index < -0.39 is 12.0 Å². The molecule has 3 heterocycles. The topological polar surface area (TPSA) is 116 Å². The van der Waals surface area contributed by atoms with Crippen LogP contribution in [0.3, 0.4) is 0 Å². The van der Waals surface area contributed by atoms with Crippen LogP contribution in [-0.2, 0) is 4.74 Å². The predicted molar refractivity (Wildman–Crippen MR) is 133 cm³/mol.